The standard InChI is InChI=1S/C18H17FN6O/c19-11-3-5-14-15(9-11)23-17(22-14)16-12-8-10(2-4-13(12)24-25-16)18(26)21-7-1-6-20/h2-5,8-9H,1,6-7,20H2,(H,21,26)(H,22,23)(H,24,25). The van der Waals surface area contributed by atoms with Gasteiger partial charge in [0.2, 0.25) is 0 Å². The summed E-state index contributed by atoms with van der Waals surface area (Å²) in [6.07, 6.45) is 0.723. The van der Waals surface area contributed by atoms with Crippen molar-refractivity contribution in [2.45, 2.75) is 6.42 Å². The summed E-state index contributed by atoms with van der Waals surface area (Å²) in [5.41, 5.74) is 8.56. The second-order valence-electron chi connectivity index (χ2n) is 5.98. The summed E-state index contributed by atoms with van der Waals surface area (Å²) in [6, 6.07) is 9.65. The van der Waals surface area contributed by atoms with Crippen LogP contribution in [0.25, 0.3) is 33.5 Å². The summed E-state index contributed by atoms with van der Waals surface area (Å²) in [6.45, 7) is 1.05. The van der Waals surface area contributed by atoms with Crippen LogP contribution >= 0.6 is 0 Å². The molecule has 0 unspecified atom stereocenters. The SMILES string of the molecule is NCCCNC(=O)c1ccc2[nH]nc(-c3nc4ccc(F)cc4[nH]3)c2c1. The molecule has 0 saturated heterocycles. The van der Waals surface area contributed by atoms with E-state index in [0.717, 1.165) is 17.3 Å². The number of nitrogens with zero attached hydrogens (tertiary/aromatic N) is 2. The molecule has 2 heterocycles. The van der Waals surface area contributed by atoms with E-state index in [9.17, 15) is 9.18 Å². The van der Waals surface area contributed by atoms with Gasteiger partial charge in [0.05, 0.1) is 16.6 Å². The summed E-state index contributed by atoms with van der Waals surface area (Å²) >= 11 is 0. The van der Waals surface area contributed by atoms with Crippen LogP contribution in [-0.2, 0) is 0 Å². The van der Waals surface area contributed by atoms with Gasteiger partial charge in [-0.15, -0.1) is 0 Å². The van der Waals surface area contributed by atoms with Gasteiger partial charge >= 0.3 is 0 Å². The molecular formula is C18H17FN6O. The lowest BCUT2D eigenvalue weighted by Gasteiger charge is -2.04. The minimum atomic E-state index is -0.337. The number of carbonyl (C=O) groups excluding carboxylic acids is 1. The number of fused-ring (bicyclic) bond motifs is 2. The first-order valence-corrected chi connectivity index (χ1v) is 8.28. The minimum absolute atomic E-state index is 0.167. The van der Waals surface area contributed by atoms with Crippen LogP contribution in [0.3, 0.4) is 0 Å². The Labute approximate surface area is 147 Å². The lowest BCUT2D eigenvalue weighted by molar-refractivity contribution is 0.0953. The number of imidazole rings is 1. The highest BCUT2D eigenvalue weighted by Crippen LogP contribution is 2.27. The predicted molar refractivity (Wildman–Crippen MR) is 97.1 cm³/mol. The first-order valence-electron chi connectivity index (χ1n) is 8.28. The van der Waals surface area contributed by atoms with E-state index in [-0.39, 0.29) is 11.7 Å². The normalized spacial score (nSPS) is 11.3. The van der Waals surface area contributed by atoms with Gasteiger partial charge in [-0.05, 0) is 49.4 Å². The van der Waals surface area contributed by atoms with E-state index in [1.54, 1.807) is 24.3 Å². The van der Waals surface area contributed by atoms with Crippen LogP contribution in [0, 0.1) is 5.82 Å². The monoisotopic (exact) mass is 352 g/mol. The van der Waals surface area contributed by atoms with Crippen LogP contribution < -0.4 is 11.1 Å². The number of aromatic nitrogens is 4. The van der Waals surface area contributed by atoms with Crippen LogP contribution in [-0.4, -0.2) is 39.2 Å². The zero-order valence-corrected chi connectivity index (χ0v) is 13.8. The van der Waals surface area contributed by atoms with E-state index in [2.05, 4.69) is 25.5 Å². The molecule has 1 amide bonds. The smallest absolute Gasteiger partial charge is 0.251 e. The maximum atomic E-state index is 13.4. The van der Waals surface area contributed by atoms with E-state index in [4.69, 9.17) is 5.73 Å². The minimum Gasteiger partial charge on any atom is -0.352 e. The van der Waals surface area contributed by atoms with Gasteiger partial charge in [0.1, 0.15) is 11.5 Å². The van der Waals surface area contributed by atoms with Crippen molar-refractivity contribution in [2.24, 2.45) is 5.73 Å². The van der Waals surface area contributed by atoms with Crippen molar-refractivity contribution in [3.05, 3.63) is 47.8 Å². The molecular weight excluding hydrogens is 335 g/mol. The largest absolute Gasteiger partial charge is 0.352 e. The highest BCUT2D eigenvalue weighted by Gasteiger charge is 2.15. The Morgan fingerprint density at radius 3 is 2.92 bits per heavy atom. The third kappa shape index (κ3) is 2.91. The predicted octanol–water partition coefficient (Wildman–Crippen LogP) is 2.32. The molecule has 5 N–H and O–H groups in total. The highest BCUT2D eigenvalue weighted by molar-refractivity contribution is 6.01. The van der Waals surface area contributed by atoms with Crippen LogP contribution in [0.1, 0.15) is 16.8 Å². The summed E-state index contributed by atoms with van der Waals surface area (Å²) in [5, 5.41) is 10.8. The van der Waals surface area contributed by atoms with Crippen molar-refractivity contribution in [3.63, 3.8) is 0 Å². The van der Waals surface area contributed by atoms with Crippen LogP contribution in [0.15, 0.2) is 36.4 Å². The molecule has 0 bridgehead atoms. The van der Waals surface area contributed by atoms with E-state index < -0.39 is 0 Å². The lowest BCUT2D eigenvalue weighted by Crippen LogP contribution is -2.25. The Balaban J connectivity index is 1.72. The van der Waals surface area contributed by atoms with Gasteiger partial charge in [0, 0.05) is 17.5 Å². The number of carbonyl (C=O) groups is 1. The summed E-state index contributed by atoms with van der Waals surface area (Å²) in [7, 11) is 0. The number of nitrogens with two attached hydrogens (primary N) is 1. The summed E-state index contributed by atoms with van der Waals surface area (Å²) < 4.78 is 13.4. The van der Waals surface area contributed by atoms with Crippen molar-refractivity contribution in [1.82, 2.24) is 25.5 Å². The van der Waals surface area contributed by atoms with Gasteiger partial charge in [-0.25, -0.2) is 9.37 Å². The fraction of sp³-hybridized carbons (Fsp3) is 0.167. The Morgan fingerprint density at radius 1 is 1.19 bits per heavy atom. The number of aromatic amines is 2. The molecule has 26 heavy (non-hydrogen) atoms. The molecule has 132 valence electrons. The van der Waals surface area contributed by atoms with Gasteiger partial charge in [-0.1, -0.05) is 0 Å². The molecule has 0 aliphatic carbocycles. The van der Waals surface area contributed by atoms with E-state index >= 15 is 0 Å². The number of H-pyrrole nitrogens is 2. The molecule has 0 atom stereocenters. The molecule has 4 rings (SSSR count). The number of rotatable bonds is 5. The van der Waals surface area contributed by atoms with Gasteiger partial charge in [-0.2, -0.15) is 5.10 Å². The topological polar surface area (TPSA) is 112 Å². The maximum absolute atomic E-state index is 13.4. The van der Waals surface area contributed by atoms with Crippen molar-refractivity contribution in [2.75, 3.05) is 13.1 Å². The number of halogens is 1. The first kappa shape index (κ1) is 16.2. The van der Waals surface area contributed by atoms with Crippen molar-refractivity contribution >= 4 is 27.8 Å². The summed E-state index contributed by atoms with van der Waals surface area (Å²) in [4.78, 5) is 19.8. The molecule has 0 aliphatic rings. The van der Waals surface area contributed by atoms with Gasteiger partial charge in [0.25, 0.3) is 5.91 Å². The third-order valence-corrected chi connectivity index (χ3v) is 4.16. The first-order chi connectivity index (χ1) is 12.7. The van der Waals surface area contributed by atoms with E-state index in [1.807, 2.05) is 0 Å². The second kappa shape index (κ2) is 6.57. The van der Waals surface area contributed by atoms with Crippen molar-refractivity contribution in [3.8, 4) is 11.5 Å². The third-order valence-electron chi connectivity index (χ3n) is 4.16. The zero-order chi connectivity index (χ0) is 18.1. The molecule has 0 aliphatic heterocycles. The Morgan fingerprint density at radius 2 is 2.08 bits per heavy atom. The maximum Gasteiger partial charge on any atom is 0.251 e. The molecule has 4 aromatic rings. The van der Waals surface area contributed by atoms with Crippen molar-refractivity contribution in [1.29, 1.82) is 0 Å². The second-order valence-corrected chi connectivity index (χ2v) is 5.98. The number of nitrogens with one attached hydrogen (secondary N) is 3. The molecule has 2 aromatic carbocycles. The molecule has 0 spiro atoms. The average molecular weight is 352 g/mol. The molecule has 0 saturated carbocycles. The molecule has 0 radical (unpaired) electrons. The number of hydrogen-bond donors (Lipinski definition) is 4. The average Bonchev–Trinajstić information content (AvgIpc) is 3.24. The Hall–Kier alpha value is -3.26. The Kier molecular flexibility index (Phi) is 4.10. The van der Waals surface area contributed by atoms with Crippen molar-refractivity contribution < 1.29 is 9.18 Å². The number of benzene rings is 2. The van der Waals surface area contributed by atoms with Crippen LogP contribution in [0.4, 0.5) is 4.39 Å². The van der Waals surface area contributed by atoms with Gasteiger partial charge in [-0.3, -0.25) is 9.89 Å². The lowest BCUT2D eigenvalue weighted by atomic mass is 10.1. The fourth-order valence-corrected chi connectivity index (χ4v) is 2.84. The zero-order valence-electron chi connectivity index (χ0n) is 13.8. The Bertz CT molecular complexity index is 1100. The van der Waals surface area contributed by atoms with E-state index in [0.29, 0.717) is 41.2 Å². The fourth-order valence-electron chi connectivity index (χ4n) is 2.84. The van der Waals surface area contributed by atoms with Crippen LogP contribution in [0.5, 0.6) is 0 Å². The number of amides is 1. The molecule has 7 nitrogen and oxygen atoms in total. The molecule has 2 aromatic heterocycles. The highest BCUT2D eigenvalue weighted by atomic mass is 19.1. The van der Waals surface area contributed by atoms with Crippen LogP contribution in [0.2, 0.25) is 0 Å². The quantitative estimate of drug-likeness (QED) is 0.413. The molecule has 8 heteroatoms. The van der Waals surface area contributed by atoms with Gasteiger partial charge in [0.15, 0.2) is 5.82 Å². The molecule has 0 fully saturated rings. The van der Waals surface area contributed by atoms with Gasteiger partial charge < -0.3 is 16.0 Å². The summed E-state index contributed by atoms with van der Waals surface area (Å²) in [5.74, 6) is 0.00717. The van der Waals surface area contributed by atoms with E-state index in [1.165, 1.54) is 12.1 Å². The number of hydrogen-bond acceptors (Lipinski definition) is 4.